The van der Waals surface area contributed by atoms with E-state index in [1.807, 2.05) is 7.05 Å². The van der Waals surface area contributed by atoms with Crippen molar-refractivity contribution in [3.8, 4) is 0 Å². The Labute approximate surface area is 70.0 Å². The van der Waals surface area contributed by atoms with Gasteiger partial charge in [-0.2, -0.15) is 0 Å². The predicted molar refractivity (Wildman–Crippen MR) is 48.8 cm³/mol. The maximum absolute atomic E-state index is 3.28. The van der Waals surface area contributed by atoms with E-state index in [-0.39, 0.29) is 0 Å². The minimum absolute atomic E-state index is 0.503. The second-order valence-electron chi connectivity index (χ2n) is 3.62. The van der Waals surface area contributed by atoms with Crippen LogP contribution >= 0.6 is 0 Å². The Morgan fingerprint density at radius 2 is 2.09 bits per heavy atom. The Morgan fingerprint density at radius 1 is 1.45 bits per heavy atom. The van der Waals surface area contributed by atoms with Gasteiger partial charge in [0, 0.05) is 12.1 Å². The van der Waals surface area contributed by atoms with Gasteiger partial charge < -0.3 is 5.32 Å². The van der Waals surface area contributed by atoms with E-state index in [0.717, 1.165) is 6.54 Å². The summed E-state index contributed by atoms with van der Waals surface area (Å²) >= 11 is 0. The number of hydrogen-bond acceptors (Lipinski definition) is 2. The highest BCUT2D eigenvalue weighted by Crippen LogP contribution is 2.35. The van der Waals surface area contributed by atoms with Gasteiger partial charge >= 0.3 is 0 Å². The van der Waals surface area contributed by atoms with Gasteiger partial charge in [-0.05, 0) is 39.9 Å². The fraction of sp³-hybridized carbons (Fsp3) is 1.00. The summed E-state index contributed by atoms with van der Waals surface area (Å²) in [6.45, 7) is 4.55. The summed E-state index contributed by atoms with van der Waals surface area (Å²) in [6.07, 6.45) is 4.16. The molecule has 1 saturated carbocycles. The van der Waals surface area contributed by atoms with Crippen LogP contribution in [0.2, 0.25) is 0 Å². The third-order valence-corrected chi connectivity index (χ3v) is 3.07. The lowest BCUT2D eigenvalue weighted by Gasteiger charge is -2.48. The molecule has 66 valence electrons. The maximum Gasteiger partial charge on any atom is 0.0330 e. The average molecular weight is 156 g/mol. The third kappa shape index (κ3) is 1.57. The highest BCUT2D eigenvalue weighted by molar-refractivity contribution is 4.97. The minimum Gasteiger partial charge on any atom is -0.318 e. The van der Waals surface area contributed by atoms with Crippen LogP contribution in [0.3, 0.4) is 0 Å². The first-order valence-electron chi connectivity index (χ1n) is 4.61. The molecule has 0 aromatic rings. The van der Waals surface area contributed by atoms with Crippen LogP contribution in [0.4, 0.5) is 0 Å². The van der Waals surface area contributed by atoms with E-state index in [0.29, 0.717) is 5.54 Å². The molecule has 1 aliphatic carbocycles. The molecule has 1 fully saturated rings. The summed E-state index contributed by atoms with van der Waals surface area (Å²) in [5, 5.41) is 3.28. The summed E-state index contributed by atoms with van der Waals surface area (Å²) < 4.78 is 0. The van der Waals surface area contributed by atoms with E-state index in [1.54, 1.807) is 0 Å². The van der Waals surface area contributed by atoms with Crippen molar-refractivity contribution in [1.82, 2.24) is 10.2 Å². The van der Waals surface area contributed by atoms with Crippen molar-refractivity contribution in [2.24, 2.45) is 0 Å². The monoisotopic (exact) mass is 156 g/mol. The normalized spacial score (nSPS) is 21.8. The molecule has 2 heteroatoms. The predicted octanol–water partition coefficient (Wildman–Crippen LogP) is 1.08. The zero-order valence-corrected chi connectivity index (χ0v) is 7.98. The molecule has 1 aliphatic rings. The Balaban J connectivity index is 2.45. The largest absolute Gasteiger partial charge is 0.318 e. The van der Waals surface area contributed by atoms with E-state index in [2.05, 4.69) is 24.2 Å². The van der Waals surface area contributed by atoms with Crippen LogP contribution in [-0.2, 0) is 0 Å². The van der Waals surface area contributed by atoms with Crippen LogP contribution in [0.25, 0.3) is 0 Å². The van der Waals surface area contributed by atoms with Crippen LogP contribution in [0.1, 0.15) is 26.2 Å². The van der Waals surface area contributed by atoms with E-state index >= 15 is 0 Å². The maximum atomic E-state index is 3.28. The summed E-state index contributed by atoms with van der Waals surface area (Å²) in [5.74, 6) is 0. The topological polar surface area (TPSA) is 15.3 Å². The van der Waals surface area contributed by atoms with Gasteiger partial charge in [0.25, 0.3) is 0 Å². The van der Waals surface area contributed by atoms with E-state index in [1.165, 1.54) is 25.8 Å². The molecule has 0 aromatic carbocycles. The molecule has 0 amide bonds. The second kappa shape index (κ2) is 3.55. The lowest BCUT2D eigenvalue weighted by atomic mass is 9.75. The molecule has 0 saturated heterocycles. The lowest BCUT2D eigenvalue weighted by molar-refractivity contribution is 0.0443. The van der Waals surface area contributed by atoms with Gasteiger partial charge in [0.15, 0.2) is 0 Å². The molecule has 0 atom stereocenters. The summed E-state index contributed by atoms with van der Waals surface area (Å²) in [4.78, 5) is 2.48. The van der Waals surface area contributed by atoms with Gasteiger partial charge in [-0.3, -0.25) is 4.90 Å². The SMILES string of the molecule is CCN(C)C1(CNC)CCC1. The number of nitrogens with one attached hydrogen (secondary N) is 1. The highest BCUT2D eigenvalue weighted by Gasteiger charge is 2.38. The Hall–Kier alpha value is -0.0800. The Morgan fingerprint density at radius 3 is 2.36 bits per heavy atom. The van der Waals surface area contributed by atoms with Gasteiger partial charge in [-0.25, -0.2) is 0 Å². The molecule has 0 aromatic heterocycles. The molecule has 1 rings (SSSR count). The van der Waals surface area contributed by atoms with Crippen LogP contribution in [0.5, 0.6) is 0 Å². The van der Waals surface area contributed by atoms with E-state index < -0.39 is 0 Å². The molecule has 0 aliphatic heterocycles. The first-order valence-corrected chi connectivity index (χ1v) is 4.61. The van der Waals surface area contributed by atoms with Crippen molar-refractivity contribution in [3.05, 3.63) is 0 Å². The van der Waals surface area contributed by atoms with Gasteiger partial charge in [-0.1, -0.05) is 6.92 Å². The Bertz CT molecular complexity index is 119. The van der Waals surface area contributed by atoms with Gasteiger partial charge in [0.1, 0.15) is 0 Å². The summed E-state index contributed by atoms with van der Waals surface area (Å²) in [5.41, 5.74) is 0.503. The standard InChI is InChI=1S/C9H20N2/c1-4-11(3)9(8-10-2)6-5-7-9/h10H,4-8H2,1-3H3. The minimum atomic E-state index is 0.503. The number of rotatable bonds is 4. The fourth-order valence-electron chi connectivity index (χ4n) is 1.94. The van der Waals surface area contributed by atoms with Crippen LogP contribution in [0.15, 0.2) is 0 Å². The van der Waals surface area contributed by atoms with Gasteiger partial charge in [0.2, 0.25) is 0 Å². The van der Waals surface area contributed by atoms with Crippen molar-refractivity contribution < 1.29 is 0 Å². The van der Waals surface area contributed by atoms with E-state index in [9.17, 15) is 0 Å². The van der Waals surface area contributed by atoms with Crippen molar-refractivity contribution in [3.63, 3.8) is 0 Å². The zero-order valence-electron chi connectivity index (χ0n) is 7.98. The third-order valence-electron chi connectivity index (χ3n) is 3.07. The molecule has 11 heavy (non-hydrogen) atoms. The lowest BCUT2D eigenvalue weighted by Crippen LogP contribution is -2.57. The molecule has 0 unspecified atom stereocenters. The molecule has 2 nitrogen and oxygen atoms in total. The second-order valence-corrected chi connectivity index (χ2v) is 3.62. The molecule has 0 bridgehead atoms. The quantitative estimate of drug-likeness (QED) is 0.655. The highest BCUT2D eigenvalue weighted by atomic mass is 15.2. The average Bonchev–Trinajstić information content (AvgIpc) is 1.95. The number of likely N-dealkylation sites (N-methyl/N-ethyl adjacent to an activating group) is 2. The Kier molecular flexibility index (Phi) is 2.90. The first kappa shape index (κ1) is 9.01. The number of nitrogens with zero attached hydrogens (tertiary/aromatic N) is 1. The molecule has 1 N–H and O–H groups in total. The van der Waals surface area contributed by atoms with E-state index in [4.69, 9.17) is 0 Å². The van der Waals surface area contributed by atoms with Gasteiger partial charge in [-0.15, -0.1) is 0 Å². The molecule has 0 spiro atoms. The fourth-order valence-corrected chi connectivity index (χ4v) is 1.94. The van der Waals surface area contributed by atoms with Crippen molar-refractivity contribution in [1.29, 1.82) is 0 Å². The van der Waals surface area contributed by atoms with Crippen molar-refractivity contribution in [2.75, 3.05) is 27.2 Å². The van der Waals surface area contributed by atoms with Crippen LogP contribution in [-0.4, -0.2) is 37.6 Å². The smallest absolute Gasteiger partial charge is 0.0330 e. The van der Waals surface area contributed by atoms with Crippen molar-refractivity contribution >= 4 is 0 Å². The summed E-state index contributed by atoms with van der Waals surface area (Å²) in [7, 11) is 4.28. The summed E-state index contributed by atoms with van der Waals surface area (Å²) in [6, 6.07) is 0. The molecule has 0 radical (unpaired) electrons. The van der Waals surface area contributed by atoms with Crippen LogP contribution in [0, 0.1) is 0 Å². The number of hydrogen-bond donors (Lipinski definition) is 1. The molecular weight excluding hydrogens is 136 g/mol. The molecular formula is C9H20N2. The zero-order chi connectivity index (χ0) is 8.32. The van der Waals surface area contributed by atoms with Crippen molar-refractivity contribution in [2.45, 2.75) is 31.7 Å². The molecule has 0 heterocycles. The first-order chi connectivity index (χ1) is 5.25. The van der Waals surface area contributed by atoms with Crippen LogP contribution < -0.4 is 5.32 Å². The van der Waals surface area contributed by atoms with Gasteiger partial charge in [0.05, 0.1) is 0 Å².